The first kappa shape index (κ1) is 11.0. The van der Waals surface area contributed by atoms with Crippen LogP contribution in [0.3, 0.4) is 0 Å². The summed E-state index contributed by atoms with van der Waals surface area (Å²) in [5, 5.41) is 0. The molecule has 3 nitrogen and oxygen atoms in total. The second-order valence-corrected chi connectivity index (χ2v) is 4.66. The van der Waals surface area contributed by atoms with E-state index in [1.54, 1.807) is 0 Å². The molecular weight excluding hydrogens is 219 g/mol. The highest BCUT2D eigenvalue weighted by molar-refractivity contribution is 7.90. The minimum atomic E-state index is -4.55. The lowest BCUT2D eigenvalue weighted by molar-refractivity contribution is -0.141. The van der Waals surface area contributed by atoms with E-state index in [1.165, 1.54) is 0 Å². The highest BCUT2D eigenvalue weighted by Gasteiger charge is 2.32. The molecule has 0 fully saturated rings. The molecule has 1 aromatic heterocycles. The second-order valence-electron chi connectivity index (χ2n) is 2.65. The van der Waals surface area contributed by atoms with Crippen LogP contribution in [0, 0.1) is 0 Å². The van der Waals surface area contributed by atoms with Gasteiger partial charge in [-0.2, -0.15) is 13.2 Å². The van der Waals surface area contributed by atoms with Crippen LogP contribution >= 0.6 is 0 Å². The van der Waals surface area contributed by atoms with Crippen LogP contribution in [0.15, 0.2) is 23.2 Å². The molecule has 14 heavy (non-hydrogen) atoms. The summed E-state index contributed by atoms with van der Waals surface area (Å²) in [4.78, 5) is 2.78. The normalized spacial score (nSPS) is 12.9. The third-order valence-electron chi connectivity index (χ3n) is 1.45. The lowest BCUT2D eigenvalue weighted by Crippen LogP contribution is -2.08. The number of aromatic nitrogens is 1. The van der Waals surface area contributed by atoms with Crippen molar-refractivity contribution in [2.75, 3.05) is 6.26 Å². The van der Waals surface area contributed by atoms with E-state index in [-0.39, 0.29) is 4.90 Å². The van der Waals surface area contributed by atoms with E-state index in [4.69, 9.17) is 0 Å². The summed E-state index contributed by atoms with van der Waals surface area (Å²) in [6.45, 7) is 0. The molecule has 0 saturated heterocycles. The molecule has 0 atom stereocenters. The van der Waals surface area contributed by atoms with Gasteiger partial charge in [-0.25, -0.2) is 8.42 Å². The summed E-state index contributed by atoms with van der Waals surface area (Å²) < 4.78 is 57.8. The SMILES string of the molecule is CS(=O)(=O)c1ccc(C(F)(F)F)nc1. The zero-order valence-electron chi connectivity index (χ0n) is 7.04. The Hall–Kier alpha value is -1.11. The van der Waals surface area contributed by atoms with Gasteiger partial charge < -0.3 is 0 Å². The van der Waals surface area contributed by atoms with Gasteiger partial charge in [-0.3, -0.25) is 4.98 Å². The average molecular weight is 225 g/mol. The minimum absolute atomic E-state index is 0.231. The average Bonchev–Trinajstić information content (AvgIpc) is 2.01. The summed E-state index contributed by atoms with van der Waals surface area (Å²) in [6.07, 6.45) is -2.95. The van der Waals surface area contributed by atoms with E-state index in [9.17, 15) is 21.6 Å². The van der Waals surface area contributed by atoms with Crippen LogP contribution in [0.2, 0.25) is 0 Å². The Kier molecular flexibility index (Phi) is 2.53. The standard InChI is InChI=1S/C7H6F3NO2S/c1-14(12,13)5-2-3-6(11-4-5)7(8,9)10/h2-4H,1H3. The lowest BCUT2D eigenvalue weighted by atomic mass is 10.3. The number of nitrogens with zero attached hydrogens (tertiary/aromatic N) is 1. The van der Waals surface area contributed by atoms with Gasteiger partial charge in [-0.1, -0.05) is 0 Å². The molecule has 0 amide bonds. The van der Waals surface area contributed by atoms with Gasteiger partial charge in [0.1, 0.15) is 5.69 Å². The molecule has 1 aromatic rings. The van der Waals surface area contributed by atoms with Gasteiger partial charge in [0.05, 0.1) is 4.90 Å². The van der Waals surface area contributed by atoms with E-state index in [0.29, 0.717) is 12.3 Å². The smallest absolute Gasteiger partial charge is 0.250 e. The van der Waals surface area contributed by atoms with Crippen LogP contribution in [0.25, 0.3) is 0 Å². The molecule has 0 aliphatic carbocycles. The summed E-state index contributed by atoms with van der Waals surface area (Å²) in [7, 11) is -3.49. The number of sulfone groups is 1. The molecule has 0 radical (unpaired) electrons. The monoisotopic (exact) mass is 225 g/mol. The van der Waals surface area contributed by atoms with Crippen molar-refractivity contribution < 1.29 is 21.6 Å². The molecule has 7 heteroatoms. The van der Waals surface area contributed by atoms with Gasteiger partial charge in [0.15, 0.2) is 9.84 Å². The highest BCUT2D eigenvalue weighted by atomic mass is 32.2. The maximum absolute atomic E-state index is 12.0. The first-order valence-electron chi connectivity index (χ1n) is 3.44. The predicted octanol–water partition coefficient (Wildman–Crippen LogP) is 1.50. The van der Waals surface area contributed by atoms with Crippen LogP contribution < -0.4 is 0 Å². The van der Waals surface area contributed by atoms with Crippen molar-refractivity contribution in [1.29, 1.82) is 0 Å². The molecular formula is C7H6F3NO2S. The van der Waals surface area contributed by atoms with Crippen LogP contribution in [-0.4, -0.2) is 19.7 Å². The van der Waals surface area contributed by atoms with Crippen molar-refractivity contribution in [3.8, 4) is 0 Å². The van der Waals surface area contributed by atoms with Gasteiger partial charge in [-0.05, 0) is 12.1 Å². The van der Waals surface area contributed by atoms with Crippen LogP contribution in [0.5, 0.6) is 0 Å². The van der Waals surface area contributed by atoms with E-state index in [0.717, 1.165) is 12.3 Å². The molecule has 1 heterocycles. The quantitative estimate of drug-likeness (QED) is 0.727. The summed E-state index contributed by atoms with van der Waals surface area (Å²) >= 11 is 0. The molecule has 0 N–H and O–H groups in total. The zero-order chi connectivity index (χ0) is 11.0. The van der Waals surface area contributed by atoms with E-state index >= 15 is 0 Å². The number of halogens is 3. The number of pyridine rings is 1. The fourth-order valence-corrected chi connectivity index (χ4v) is 1.33. The first-order valence-corrected chi connectivity index (χ1v) is 5.34. The van der Waals surface area contributed by atoms with Crippen LogP contribution in [0.1, 0.15) is 5.69 Å². The lowest BCUT2D eigenvalue weighted by Gasteiger charge is -2.05. The first-order chi connectivity index (χ1) is 6.21. The summed E-state index contributed by atoms with van der Waals surface area (Å²) in [5.74, 6) is 0. The van der Waals surface area contributed by atoms with Gasteiger partial charge in [-0.15, -0.1) is 0 Å². The van der Waals surface area contributed by atoms with E-state index < -0.39 is 21.7 Å². The van der Waals surface area contributed by atoms with E-state index in [2.05, 4.69) is 4.98 Å². The second kappa shape index (κ2) is 3.23. The predicted molar refractivity (Wildman–Crippen MR) is 42.3 cm³/mol. The maximum atomic E-state index is 12.0. The van der Waals surface area contributed by atoms with Gasteiger partial charge in [0, 0.05) is 12.5 Å². The van der Waals surface area contributed by atoms with E-state index in [1.807, 2.05) is 0 Å². The molecule has 0 saturated carbocycles. The third-order valence-corrected chi connectivity index (χ3v) is 2.55. The summed E-state index contributed by atoms with van der Waals surface area (Å²) in [6, 6.07) is 1.52. The molecule has 1 rings (SSSR count). The van der Waals surface area contributed by atoms with Crippen molar-refractivity contribution in [3.05, 3.63) is 24.0 Å². The molecule has 78 valence electrons. The topological polar surface area (TPSA) is 47.0 Å². The third kappa shape index (κ3) is 2.44. The molecule has 0 bridgehead atoms. The summed E-state index contributed by atoms with van der Waals surface area (Å²) in [5.41, 5.74) is -1.11. The fourth-order valence-electron chi connectivity index (χ4n) is 0.767. The number of hydrogen-bond donors (Lipinski definition) is 0. The Balaban J connectivity index is 3.14. The van der Waals surface area contributed by atoms with Gasteiger partial charge in [0.2, 0.25) is 0 Å². The number of rotatable bonds is 1. The molecule has 0 aliphatic rings. The molecule has 0 spiro atoms. The molecule has 0 aliphatic heterocycles. The van der Waals surface area contributed by atoms with Crippen molar-refractivity contribution in [1.82, 2.24) is 4.98 Å². The Bertz CT molecular complexity index is 421. The molecule has 0 unspecified atom stereocenters. The van der Waals surface area contributed by atoms with Gasteiger partial charge in [0.25, 0.3) is 0 Å². The van der Waals surface area contributed by atoms with Crippen molar-refractivity contribution in [2.24, 2.45) is 0 Å². The Morgan fingerprint density at radius 1 is 1.29 bits per heavy atom. The van der Waals surface area contributed by atoms with Crippen LogP contribution in [-0.2, 0) is 16.0 Å². The minimum Gasteiger partial charge on any atom is -0.250 e. The Morgan fingerprint density at radius 2 is 1.86 bits per heavy atom. The van der Waals surface area contributed by atoms with Crippen molar-refractivity contribution in [2.45, 2.75) is 11.1 Å². The van der Waals surface area contributed by atoms with Crippen LogP contribution in [0.4, 0.5) is 13.2 Å². The molecule has 0 aromatic carbocycles. The number of hydrogen-bond acceptors (Lipinski definition) is 3. The van der Waals surface area contributed by atoms with Gasteiger partial charge >= 0.3 is 6.18 Å². The maximum Gasteiger partial charge on any atom is 0.433 e. The Labute approximate surface area is 78.5 Å². The van der Waals surface area contributed by atoms with Crippen molar-refractivity contribution in [3.63, 3.8) is 0 Å². The zero-order valence-corrected chi connectivity index (χ0v) is 7.85. The van der Waals surface area contributed by atoms with Crippen molar-refractivity contribution >= 4 is 9.84 Å². The largest absolute Gasteiger partial charge is 0.433 e. The number of alkyl halides is 3. The highest BCUT2D eigenvalue weighted by Crippen LogP contribution is 2.27. The Morgan fingerprint density at radius 3 is 2.14 bits per heavy atom. The fraction of sp³-hybridized carbons (Fsp3) is 0.286.